The number of rotatable bonds is 4. The number of benzene rings is 1. The maximum Gasteiger partial charge on any atom is 0.353 e. The van der Waals surface area contributed by atoms with Crippen LogP contribution < -0.4 is 21.2 Å². The molecule has 1 aromatic heterocycles. The van der Waals surface area contributed by atoms with E-state index in [2.05, 4.69) is 37.3 Å². The molecule has 1 aliphatic carbocycles. The lowest BCUT2D eigenvalue weighted by Gasteiger charge is -2.10. The van der Waals surface area contributed by atoms with E-state index in [0.717, 1.165) is 23.3 Å². The molecule has 0 spiro atoms. The number of Topliss-reactive ketones (excluding diaryl/α,β-unsaturated/α-hetero) is 1. The van der Waals surface area contributed by atoms with Crippen molar-refractivity contribution in [2.45, 2.75) is 19.8 Å². The van der Waals surface area contributed by atoms with Crippen LogP contribution in [0.4, 0.5) is 0 Å². The number of carbonyl (C=O) groups is 1. The Labute approximate surface area is 139 Å². The summed E-state index contributed by atoms with van der Waals surface area (Å²) in [7, 11) is 0. The SMILES string of the molecule is CC1=CCC(C(=O)c2cccs2)=C([I+]c2ccccc2)C1. The van der Waals surface area contributed by atoms with E-state index >= 15 is 0 Å². The van der Waals surface area contributed by atoms with E-state index < -0.39 is 0 Å². The minimum atomic E-state index is -0.250. The first kappa shape index (κ1) is 14.7. The molecule has 0 fully saturated rings. The molecule has 0 atom stereocenters. The lowest BCUT2D eigenvalue weighted by atomic mass is 9.97. The Morgan fingerprint density at radius 2 is 1.95 bits per heavy atom. The van der Waals surface area contributed by atoms with Gasteiger partial charge in [-0.1, -0.05) is 35.9 Å². The van der Waals surface area contributed by atoms with Crippen LogP contribution >= 0.6 is 11.3 Å². The summed E-state index contributed by atoms with van der Waals surface area (Å²) in [5.74, 6) is 0.236. The minimum Gasteiger partial charge on any atom is -0.288 e. The van der Waals surface area contributed by atoms with E-state index in [1.165, 1.54) is 12.7 Å². The number of hydrogen-bond donors (Lipinski definition) is 0. The van der Waals surface area contributed by atoms with Gasteiger partial charge in [-0.15, -0.1) is 11.3 Å². The predicted molar refractivity (Wildman–Crippen MR) is 83.8 cm³/mol. The quantitative estimate of drug-likeness (QED) is 0.430. The van der Waals surface area contributed by atoms with Gasteiger partial charge in [-0.25, -0.2) is 0 Å². The van der Waals surface area contributed by atoms with Crippen molar-refractivity contribution >= 4 is 17.1 Å². The Morgan fingerprint density at radius 3 is 2.67 bits per heavy atom. The Hall–Kier alpha value is -1.20. The molecule has 0 saturated carbocycles. The van der Waals surface area contributed by atoms with Crippen LogP contribution in [0.5, 0.6) is 0 Å². The number of carbonyl (C=O) groups excluding carboxylic acids is 1. The van der Waals surface area contributed by atoms with Crippen LogP contribution in [0.2, 0.25) is 0 Å². The molecule has 0 bridgehead atoms. The summed E-state index contributed by atoms with van der Waals surface area (Å²) in [6.07, 6.45) is 3.97. The van der Waals surface area contributed by atoms with Gasteiger partial charge in [0.2, 0.25) is 5.78 Å². The number of halogens is 1. The highest BCUT2D eigenvalue weighted by Crippen LogP contribution is 2.24. The van der Waals surface area contributed by atoms with Gasteiger partial charge in [-0.3, -0.25) is 4.79 Å². The molecule has 0 N–H and O–H groups in total. The van der Waals surface area contributed by atoms with Gasteiger partial charge < -0.3 is 0 Å². The first-order valence-electron chi connectivity index (χ1n) is 6.90. The number of hydrogen-bond acceptors (Lipinski definition) is 2. The van der Waals surface area contributed by atoms with Gasteiger partial charge in [-0.2, -0.15) is 0 Å². The Kier molecular flexibility index (Phi) is 4.70. The third-order valence-corrected chi connectivity index (χ3v) is 7.29. The van der Waals surface area contributed by atoms with Gasteiger partial charge in [0.1, 0.15) is 0 Å². The van der Waals surface area contributed by atoms with Gasteiger partial charge >= 0.3 is 21.2 Å². The van der Waals surface area contributed by atoms with E-state index in [9.17, 15) is 4.79 Å². The minimum absolute atomic E-state index is 0.236. The van der Waals surface area contributed by atoms with Crippen molar-refractivity contribution in [2.24, 2.45) is 0 Å². The maximum absolute atomic E-state index is 12.7. The first-order valence-corrected chi connectivity index (χ1v) is 9.93. The number of allylic oxidation sites excluding steroid dienone is 4. The van der Waals surface area contributed by atoms with Gasteiger partial charge in [0.15, 0.2) is 7.15 Å². The molecule has 0 saturated heterocycles. The van der Waals surface area contributed by atoms with Crippen LogP contribution in [0.3, 0.4) is 0 Å². The smallest absolute Gasteiger partial charge is 0.288 e. The second-order valence-electron chi connectivity index (χ2n) is 5.01. The van der Waals surface area contributed by atoms with Crippen molar-refractivity contribution in [1.29, 1.82) is 0 Å². The van der Waals surface area contributed by atoms with E-state index in [0.29, 0.717) is 0 Å². The largest absolute Gasteiger partial charge is 0.353 e. The fourth-order valence-corrected chi connectivity index (χ4v) is 6.08. The van der Waals surface area contributed by atoms with Crippen LogP contribution in [-0.2, 0) is 0 Å². The molecule has 0 unspecified atom stereocenters. The highest BCUT2D eigenvalue weighted by atomic mass is 127. The zero-order chi connectivity index (χ0) is 14.7. The summed E-state index contributed by atoms with van der Waals surface area (Å²) >= 11 is 1.29. The van der Waals surface area contributed by atoms with Crippen molar-refractivity contribution in [1.82, 2.24) is 0 Å². The summed E-state index contributed by atoms with van der Waals surface area (Å²) in [6, 6.07) is 14.5. The highest BCUT2D eigenvalue weighted by Gasteiger charge is 2.30. The fourth-order valence-electron chi connectivity index (χ4n) is 2.28. The molecule has 106 valence electrons. The van der Waals surface area contributed by atoms with Gasteiger partial charge in [0.25, 0.3) is 0 Å². The molecule has 0 radical (unpaired) electrons. The van der Waals surface area contributed by atoms with Crippen LogP contribution in [-0.4, -0.2) is 5.78 Å². The molecule has 1 aromatic carbocycles. The molecule has 3 heteroatoms. The standard InChI is InChI=1S/C18H16IOS/c1-13-9-10-15(18(20)17-8-5-11-21-17)16(12-13)19-14-6-3-2-4-7-14/h2-9,11H,10,12H2,1H3/q+1. The third-order valence-electron chi connectivity index (χ3n) is 3.39. The van der Waals surface area contributed by atoms with Crippen molar-refractivity contribution in [3.63, 3.8) is 0 Å². The lowest BCUT2D eigenvalue weighted by molar-refractivity contribution is -0.579. The Balaban J connectivity index is 1.92. The molecular formula is C18H16IOS+. The van der Waals surface area contributed by atoms with Gasteiger partial charge in [0.05, 0.1) is 10.5 Å². The van der Waals surface area contributed by atoms with Crippen LogP contribution in [0.1, 0.15) is 29.4 Å². The summed E-state index contributed by atoms with van der Waals surface area (Å²) in [6.45, 7) is 2.17. The summed E-state index contributed by atoms with van der Waals surface area (Å²) in [5.41, 5.74) is 2.43. The van der Waals surface area contributed by atoms with Crippen LogP contribution in [0.15, 0.2) is 68.6 Å². The van der Waals surface area contributed by atoms with Gasteiger partial charge in [-0.05, 0) is 36.9 Å². The Morgan fingerprint density at radius 1 is 1.14 bits per heavy atom. The topological polar surface area (TPSA) is 17.1 Å². The molecule has 0 aliphatic heterocycles. The van der Waals surface area contributed by atoms with E-state index in [4.69, 9.17) is 0 Å². The lowest BCUT2D eigenvalue weighted by Crippen LogP contribution is -3.61. The average Bonchev–Trinajstić information content (AvgIpc) is 3.02. The molecule has 1 aliphatic rings. The zero-order valence-corrected chi connectivity index (χ0v) is 14.8. The monoisotopic (exact) mass is 407 g/mol. The Bertz CT molecular complexity index is 696. The maximum atomic E-state index is 12.7. The molecule has 1 heterocycles. The molecule has 0 amide bonds. The number of thiophene rings is 1. The summed E-state index contributed by atoms with van der Waals surface area (Å²) in [4.78, 5) is 13.6. The molecular weight excluding hydrogens is 391 g/mol. The van der Waals surface area contributed by atoms with E-state index in [1.54, 1.807) is 11.3 Å². The summed E-state index contributed by atoms with van der Waals surface area (Å²) in [5, 5.41) is 1.98. The van der Waals surface area contributed by atoms with Crippen molar-refractivity contribution < 1.29 is 26.0 Å². The molecule has 2 aromatic rings. The van der Waals surface area contributed by atoms with Crippen LogP contribution in [0.25, 0.3) is 0 Å². The van der Waals surface area contributed by atoms with Crippen LogP contribution in [0, 0.1) is 3.57 Å². The molecule has 21 heavy (non-hydrogen) atoms. The molecule has 1 nitrogen and oxygen atoms in total. The van der Waals surface area contributed by atoms with E-state index in [-0.39, 0.29) is 27.0 Å². The van der Waals surface area contributed by atoms with Crippen molar-refractivity contribution in [3.05, 3.63) is 77.1 Å². The predicted octanol–water partition coefficient (Wildman–Crippen LogP) is 1.88. The van der Waals surface area contributed by atoms with Crippen molar-refractivity contribution in [3.8, 4) is 0 Å². The zero-order valence-electron chi connectivity index (χ0n) is 11.8. The number of ketones is 1. The normalized spacial score (nSPS) is 15.0. The third kappa shape index (κ3) is 3.52. The molecule has 3 rings (SSSR count). The second kappa shape index (κ2) is 6.71. The first-order chi connectivity index (χ1) is 10.2. The fraction of sp³-hybridized carbons (Fsp3) is 0.167. The van der Waals surface area contributed by atoms with E-state index in [1.807, 2.05) is 23.6 Å². The van der Waals surface area contributed by atoms with Crippen molar-refractivity contribution in [2.75, 3.05) is 0 Å². The average molecular weight is 407 g/mol. The second-order valence-corrected chi connectivity index (χ2v) is 9.05. The van der Waals surface area contributed by atoms with Gasteiger partial charge in [0, 0.05) is 6.42 Å². The summed E-state index contributed by atoms with van der Waals surface area (Å²) < 4.78 is 2.77. The highest BCUT2D eigenvalue weighted by molar-refractivity contribution is 7.12.